The molecule has 0 radical (unpaired) electrons. The Morgan fingerprint density at radius 3 is 2.82 bits per heavy atom. The first kappa shape index (κ1) is 13.0. The van der Waals surface area contributed by atoms with Gasteiger partial charge in [-0.25, -0.2) is 0 Å². The molecule has 1 aromatic carbocycles. The summed E-state index contributed by atoms with van der Waals surface area (Å²) in [6.07, 6.45) is 5.10. The number of carbonyl (C=O) groups is 1. The molecule has 88 valence electrons. The molecule has 0 bridgehead atoms. The fraction of sp³-hybridized carbons (Fsp3) is 0.182. The molecule has 1 rings (SSSR count). The number of halogens is 1. The van der Waals surface area contributed by atoms with Gasteiger partial charge in [-0.05, 0) is 13.0 Å². The summed E-state index contributed by atoms with van der Waals surface area (Å²) in [7, 11) is 0. The zero-order valence-electron chi connectivity index (χ0n) is 8.94. The van der Waals surface area contributed by atoms with E-state index in [4.69, 9.17) is 18.0 Å². The molecule has 5 nitrogen and oxygen atoms in total. The molecule has 0 saturated carbocycles. The van der Waals surface area contributed by atoms with Crippen LogP contribution in [-0.2, 0) is 0 Å². The van der Waals surface area contributed by atoms with E-state index in [1.54, 1.807) is 6.92 Å². The lowest BCUT2D eigenvalue weighted by Gasteiger charge is -2.09. The molecule has 0 spiro atoms. The first-order chi connectivity index (χ1) is 7.97. The Labute approximate surface area is 103 Å². The second kappa shape index (κ2) is 5.32. The monoisotopic (exact) mass is 252 g/mol. The fourth-order valence-electron chi connectivity index (χ4n) is 1.20. The Morgan fingerprint density at radius 1 is 1.65 bits per heavy atom. The van der Waals surface area contributed by atoms with Gasteiger partial charge >= 0.3 is 0 Å². The number of rotatable bonds is 3. The minimum Gasteiger partial charge on any atom is -0.338 e. The zero-order chi connectivity index (χ0) is 13.0. The average molecular weight is 253 g/mol. The van der Waals surface area contributed by atoms with Gasteiger partial charge in [-0.2, -0.15) is 0 Å². The number of nitro groups is 1. The van der Waals surface area contributed by atoms with Crippen molar-refractivity contribution in [2.24, 2.45) is 0 Å². The number of terminal acetylenes is 1. The van der Waals surface area contributed by atoms with E-state index >= 15 is 0 Å². The van der Waals surface area contributed by atoms with E-state index in [0.29, 0.717) is 0 Å². The van der Waals surface area contributed by atoms with Crippen molar-refractivity contribution in [3.05, 3.63) is 38.9 Å². The highest BCUT2D eigenvalue weighted by Crippen LogP contribution is 2.25. The van der Waals surface area contributed by atoms with Crippen molar-refractivity contribution in [1.82, 2.24) is 5.32 Å². The van der Waals surface area contributed by atoms with Crippen LogP contribution in [0.1, 0.15) is 17.3 Å². The minimum atomic E-state index is -0.665. The molecule has 1 unspecified atom stereocenters. The van der Waals surface area contributed by atoms with Crippen LogP contribution in [0.25, 0.3) is 0 Å². The number of carbonyl (C=O) groups excluding carboxylic acids is 1. The van der Waals surface area contributed by atoms with Crippen LogP contribution < -0.4 is 5.32 Å². The molecule has 0 aromatic heterocycles. The number of nitro benzene ring substituents is 1. The topological polar surface area (TPSA) is 72.2 Å². The average Bonchev–Trinajstić information content (AvgIpc) is 2.28. The largest absolute Gasteiger partial charge is 0.338 e. The van der Waals surface area contributed by atoms with Crippen LogP contribution in [0.4, 0.5) is 5.69 Å². The Balaban J connectivity index is 3.17. The van der Waals surface area contributed by atoms with E-state index in [-0.39, 0.29) is 16.3 Å². The van der Waals surface area contributed by atoms with Gasteiger partial charge in [0, 0.05) is 6.07 Å². The Bertz CT molecular complexity index is 508. The molecule has 1 atom stereocenters. The molecule has 0 aliphatic carbocycles. The molecule has 0 saturated heterocycles. The van der Waals surface area contributed by atoms with E-state index in [1.165, 1.54) is 18.2 Å². The molecule has 1 aromatic rings. The lowest BCUT2D eigenvalue weighted by atomic mass is 10.1. The van der Waals surface area contributed by atoms with E-state index in [0.717, 1.165) is 0 Å². The molecular formula is C11H9ClN2O3. The van der Waals surface area contributed by atoms with E-state index in [1.807, 2.05) is 0 Å². The third-order valence-corrected chi connectivity index (χ3v) is 2.33. The summed E-state index contributed by atoms with van der Waals surface area (Å²) in [6.45, 7) is 1.58. The van der Waals surface area contributed by atoms with Gasteiger partial charge in [0.25, 0.3) is 11.6 Å². The first-order valence-electron chi connectivity index (χ1n) is 4.67. The molecule has 0 aliphatic rings. The standard InChI is InChI=1S/C11H9ClN2O3/c1-3-7(2)13-11(15)10-8(12)5-4-6-9(10)14(16)17/h1,4-7H,2H3,(H,13,15). The van der Waals surface area contributed by atoms with Crippen molar-refractivity contribution in [3.63, 3.8) is 0 Å². The highest BCUT2D eigenvalue weighted by Gasteiger charge is 2.23. The predicted octanol–water partition coefficient (Wildman–Crippen LogP) is 2.00. The third-order valence-electron chi connectivity index (χ3n) is 2.01. The van der Waals surface area contributed by atoms with Gasteiger partial charge in [-0.3, -0.25) is 14.9 Å². The molecule has 6 heteroatoms. The van der Waals surface area contributed by atoms with Crippen LogP contribution in [0.15, 0.2) is 18.2 Å². The SMILES string of the molecule is C#CC(C)NC(=O)c1c(Cl)cccc1[N+](=O)[O-]. The van der Waals surface area contributed by atoms with Crippen LogP contribution in [0, 0.1) is 22.5 Å². The van der Waals surface area contributed by atoms with Gasteiger partial charge in [0.1, 0.15) is 5.56 Å². The third kappa shape index (κ3) is 2.95. The highest BCUT2D eigenvalue weighted by atomic mass is 35.5. The summed E-state index contributed by atoms with van der Waals surface area (Å²) in [6, 6.07) is 3.49. The lowest BCUT2D eigenvalue weighted by Crippen LogP contribution is -2.32. The summed E-state index contributed by atoms with van der Waals surface area (Å²) in [5, 5.41) is 13.2. The van der Waals surface area contributed by atoms with Gasteiger partial charge in [-0.15, -0.1) is 6.42 Å². The van der Waals surface area contributed by atoms with Crippen molar-refractivity contribution >= 4 is 23.2 Å². The van der Waals surface area contributed by atoms with E-state index in [9.17, 15) is 14.9 Å². The van der Waals surface area contributed by atoms with Crippen LogP contribution in [0.2, 0.25) is 5.02 Å². The van der Waals surface area contributed by atoms with Crippen molar-refractivity contribution in [2.45, 2.75) is 13.0 Å². The molecule has 1 amide bonds. The van der Waals surface area contributed by atoms with Crippen molar-refractivity contribution in [3.8, 4) is 12.3 Å². The molecular weight excluding hydrogens is 244 g/mol. The maximum Gasteiger partial charge on any atom is 0.283 e. The van der Waals surface area contributed by atoms with Gasteiger partial charge in [0.05, 0.1) is 16.0 Å². The van der Waals surface area contributed by atoms with Crippen molar-refractivity contribution < 1.29 is 9.72 Å². The maximum atomic E-state index is 11.8. The van der Waals surface area contributed by atoms with Crippen molar-refractivity contribution in [1.29, 1.82) is 0 Å². The Kier molecular flexibility index (Phi) is 4.07. The predicted molar refractivity (Wildman–Crippen MR) is 63.9 cm³/mol. The normalized spacial score (nSPS) is 11.4. The Hall–Kier alpha value is -2.06. The molecule has 0 fully saturated rings. The number of amides is 1. The molecule has 1 N–H and O–H groups in total. The summed E-state index contributed by atoms with van der Waals surface area (Å²) in [5.41, 5.74) is -0.527. The minimum absolute atomic E-state index is 0.0147. The van der Waals surface area contributed by atoms with Gasteiger partial charge in [-0.1, -0.05) is 23.6 Å². The smallest absolute Gasteiger partial charge is 0.283 e. The number of nitrogens with zero attached hydrogens (tertiary/aromatic N) is 1. The molecule has 0 heterocycles. The second-order valence-electron chi connectivity index (χ2n) is 3.25. The van der Waals surface area contributed by atoms with Crippen LogP contribution >= 0.6 is 11.6 Å². The first-order valence-corrected chi connectivity index (χ1v) is 5.05. The van der Waals surface area contributed by atoms with Crippen LogP contribution in [-0.4, -0.2) is 16.9 Å². The second-order valence-corrected chi connectivity index (χ2v) is 3.66. The van der Waals surface area contributed by atoms with Gasteiger partial charge < -0.3 is 5.32 Å². The molecule has 0 aliphatic heterocycles. The zero-order valence-corrected chi connectivity index (χ0v) is 9.69. The number of hydrogen-bond donors (Lipinski definition) is 1. The number of hydrogen-bond acceptors (Lipinski definition) is 3. The van der Waals surface area contributed by atoms with E-state index < -0.39 is 16.9 Å². The summed E-state index contributed by atoms with van der Waals surface area (Å²) < 4.78 is 0. The summed E-state index contributed by atoms with van der Waals surface area (Å²) in [4.78, 5) is 21.9. The Morgan fingerprint density at radius 2 is 2.29 bits per heavy atom. The van der Waals surface area contributed by atoms with Gasteiger partial charge in [0.15, 0.2) is 0 Å². The van der Waals surface area contributed by atoms with Crippen molar-refractivity contribution in [2.75, 3.05) is 0 Å². The number of benzene rings is 1. The lowest BCUT2D eigenvalue weighted by molar-refractivity contribution is -0.385. The quantitative estimate of drug-likeness (QED) is 0.508. The molecule has 17 heavy (non-hydrogen) atoms. The number of nitrogens with one attached hydrogen (secondary N) is 1. The van der Waals surface area contributed by atoms with Crippen LogP contribution in [0.5, 0.6) is 0 Å². The van der Waals surface area contributed by atoms with Crippen LogP contribution in [0.3, 0.4) is 0 Å². The summed E-state index contributed by atoms with van der Waals surface area (Å²) >= 11 is 5.78. The highest BCUT2D eigenvalue weighted by molar-refractivity contribution is 6.34. The van der Waals surface area contributed by atoms with E-state index in [2.05, 4.69) is 11.2 Å². The maximum absolute atomic E-state index is 11.8. The fourth-order valence-corrected chi connectivity index (χ4v) is 1.46. The summed E-state index contributed by atoms with van der Waals surface area (Å²) in [5.74, 6) is 1.63. The van der Waals surface area contributed by atoms with Gasteiger partial charge in [0.2, 0.25) is 0 Å².